The van der Waals surface area contributed by atoms with E-state index in [1.54, 1.807) is 24.1 Å². The van der Waals surface area contributed by atoms with Crippen LogP contribution >= 0.6 is 11.3 Å². The zero-order valence-electron chi connectivity index (χ0n) is 20.3. The van der Waals surface area contributed by atoms with Crippen LogP contribution in [0.15, 0.2) is 46.7 Å². The first kappa shape index (κ1) is 24.9. The van der Waals surface area contributed by atoms with Gasteiger partial charge in [-0.1, -0.05) is 12.1 Å². The van der Waals surface area contributed by atoms with Gasteiger partial charge in [-0.15, -0.1) is 11.3 Å². The second-order valence-electron chi connectivity index (χ2n) is 9.22. The number of methoxy groups -OCH3 is 1. The van der Waals surface area contributed by atoms with Gasteiger partial charge in [-0.25, -0.2) is 8.42 Å². The highest BCUT2D eigenvalue weighted by Gasteiger charge is 2.35. The zero-order chi connectivity index (χ0) is 25.4. The number of thiophene rings is 1. The molecule has 0 aliphatic carbocycles. The van der Waals surface area contributed by atoms with E-state index in [1.165, 1.54) is 15.6 Å². The number of hydrogen-bond acceptors (Lipinski definition) is 6. The number of hydrogen-bond donors (Lipinski definition) is 1. The third-order valence-corrected chi connectivity index (χ3v) is 10.2. The number of nitrogens with zero attached hydrogens (tertiary/aromatic N) is 2. The third-order valence-electron chi connectivity index (χ3n) is 6.84. The Morgan fingerprint density at radius 3 is 2.78 bits per heavy atom. The van der Waals surface area contributed by atoms with Crippen LogP contribution in [0.3, 0.4) is 0 Å². The van der Waals surface area contributed by atoms with E-state index in [4.69, 9.17) is 4.74 Å². The smallest absolute Gasteiger partial charge is 0.258 e. The standard InChI is InChI=1S/C26H29N3O5S2/c1-17-9-12-23(35-17)36(32,33)28-13-4-6-18(16-28)25(30)27-21-10-11-22-24-19(21)7-3-8-20(24)26(31)29(22)14-5-15-34-2/h3,7-12,18H,4-6,13-16H2,1-2H3,(H,27,30). The molecule has 0 saturated carbocycles. The summed E-state index contributed by atoms with van der Waals surface area (Å²) in [6.45, 7) is 3.56. The Balaban J connectivity index is 1.36. The predicted octanol–water partition coefficient (Wildman–Crippen LogP) is 4.25. The van der Waals surface area contributed by atoms with Gasteiger partial charge in [-0.05, 0) is 56.5 Å². The Kier molecular flexibility index (Phi) is 6.86. The molecule has 2 aromatic carbocycles. The summed E-state index contributed by atoms with van der Waals surface area (Å²) in [5.74, 6) is -0.712. The van der Waals surface area contributed by atoms with Crippen LogP contribution in [0.2, 0.25) is 0 Å². The molecule has 10 heteroatoms. The van der Waals surface area contributed by atoms with E-state index in [1.807, 2.05) is 37.3 Å². The average molecular weight is 528 g/mol. The van der Waals surface area contributed by atoms with Crippen molar-refractivity contribution in [2.24, 2.45) is 5.92 Å². The predicted molar refractivity (Wildman–Crippen MR) is 141 cm³/mol. The lowest BCUT2D eigenvalue weighted by atomic mass is 9.98. The Labute approximate surface area is 214 Å². The molecule has 2 amide bonds. The van der Waals surface area contributed by atoms with Gasteiger partial charge < -0.3 is 15.0 Å². The quantitative estimate of drug-likeness (QED) is 0.442. The summed E-state index contributed by atoms with van der Waals surface area (Å²) in [4.78, 5) is 29.0. The van der Waals surface area contributed by atoms with Crippen LogP contribution in [0.5, 0.6) is 0 Å². The number of anilines is 2. The molecule has 0 bridgehead atoms. The van der Waals surface area contributed by atoms with E-state index < -0.39 is 15.9 Å². The van der Waals surface area contributed by atoms with Crippen molar-refractivity contribution < 1.29 is 22.7 Å². The maximum Gasteiger partial charge on any atom is 0.258 e. The van der Waals surface area contributed by atoms with Crippen molar-refractivity contribution in [3.63, 3.8) is 0 Å². The van der Waals surface area contributed by atoms with Gasteiger partial charge in [0.1, 0.15) is 4.21 Å². The summed E-state index contributed by atoms with van der Waals surface area (Å²) in [7, 11) is -1.98. The summed E-state index contributed by atoms with van der Waals surface area (Å²) >= 11 is 1.25. The fourth-order valence-corrected chi connectivity index (χ4v) is 7.99. The van der Waals surface area contributed by atoms with Gasteiger partial charge in [0.2, 0.25) is 5.91 Å². The number of sulfonamides is 1. The van der Waals surface area contributed by atoms with Crippen molar-refractivity contribution in [2.45, 2.75) is 30.4 Å². The highest BCUT2D eigenvalue weighted by atomic mass is 32.2. The normalized spacial score (nSPS) is 18.2. The Hall–Kier alpha value is -2.79. The molecule has 1 atom stereocenters. The van der Waals surface area contributed by atoms with Crippen LogP contribution in [-0.2, 0) is 19.6 Å². The molecule has 1 unspecified atom stereocenters. The van der Waals surface area contributed by atoms with Gasteiger partial charge >= 0.3 is 0 Å². The molecule has 5 rings (SSSR count). The molecule has 3 aromatic rings. The van der Waals surface area contributed by atoms with Gasteiger partial charge in [-0.2, -0.15) is 4.31 Å². The fraction of sp³-hybridized carbons (Fsp3) is 0.385. The molecular formula is C26H29N3O5S2. The number of ether oxygens (including phenoxy) is 1. The first-order chi connectivity index (χ1) is 17.3. The lowest BCUT2D eigenvalue weighted by Crippen LogP contribution is -2.43. The molecule has 0 spiro atoms. The molecule has 1 aromatic heterocycles. The molecule has 1 saturated heterocycles. The number of nitrogens with one attached hydrogen (secondary N) is 1. The molecule has 2 aliphatic heterocycles. The molecule has 0 radical (unpaired) electrons. The van der Waals surface area contributed by atoms with E-state index in [0.29, 0.717) is 48.0 Å². The topological polar surface area (TPSA) is 96.0 Å². The number of carbonyl (C=O) groups is 2. The number of benzene rings is 2. The molecule has 1 fully saturated rings. The number of piperidine rings is 1. The van der Waals surface area contributed by atoms with E-state index >= 15 is 0 Å². The highest BCUT2D eigenvalue weighted by Crippen LogP contribution is 2.41. The minimum absolute atomic E-state index is 0.0490. The summed E-state index contributed by atoms with van der Waals surface area (Å²) in [6, 6.07) is 12.7. The minimum atomic E-state index is -3.62. The lowest BCUT2D eigenvalue weighted by Gasteiger charge is -2.31. The maximum atomic E-state index is 13.3. The second-order valence-corrected chi connectivity index (χ2v) is 12.7. The van der Waals surface area contributed by atoms with Gasteiger partial charge in [-0.3, -0.25) is 9.59 Å². The fourth-order valence-electron chi connectivity index (χ4n) is 5.03. The third kappa shape index (κ3) is 4.43. The van der Waals surface area contributed by atoms with E-state index in [0.717, 1.165) is 27.8 Å². The molecule has 36 heavy (non-hydrogen) atoms. The molecule has 8 nitrogen and oxygen atoms in total. The highest BCUT2D eigenvalue weighted by molar-refractivity contribution is 7.91. The molecule has 190 valence electrons. The van der Waals surface area contributed by atoms with Crippen LogP contribution in [0.4, 0.5) is 11.4 Å². The summed E-state index contributed by atoms with van der Waals surface area (Å²) in [6.07, 6.45) is 1.97. The summed E-state index contributed by atoms with van der Waals surface area (Å²) in [5.41, 5.74) is 2.08. The van der Waals surface area contributed by atoms with Crippen LogP contribution in [-0.4, -0.2) is 57.9 Å². The van der Waals surface area contributed by atoms with Gasteiger partial charge in [0.25, 0.3) is 15.9 Å². The Bertz CT molecular complexity index is 1430. The van der Waals surface area contributed by atoms with Crippen LogP contribution in [0.25, 0.3) is 10.8 Å². The van der Waals surface area contributed by atoms with Crippen molar-refractivity contribution in [3.05, 3.63) is 52.9 Å². The number of rotatable bonds is 8. The van der Waals surface area contributed by atoms with Crippen LogP contribution < -0.4 is 10.2 Å². The van der Waals surface area contributed by atoms with E-state index in [-0.39, 0.29) is 18.4 Å². The summed E-state index contributed by atoms with van der Waals surface area (Å²) < 4.78 is 33.1. The number of aryl methyl sites for hydroxylation is 1. The van der Waals surface area contributed by atoms with E-state index in [2.05, 4.69) is 5.32 Å². The average Bonchev–Trinajstić information content (AvgIpc) is 3.44. The van der Waals surface area contributed by atoms with Crippen molar-refractivity contribution in [1.82, 2.24) is 4.31 Å². The molecule has 1 N–H and O–H groups in total. The van der Waals surface area contributed by atoms with Crippen LogP contribution in [0.1, 0.15) is 34.5 Å². The van der Waals surface area contributed by atoms with E-state index in [9.17, 15) is 18.0 Å². The monoisotopic (exact) mass is 527 g/mol. The minimum Gasteiger partial charge on any atom is -0.385 e. The summed E-state index contributed by atoms with van der Waals surface area (Å²) in [5, 5.41) is 4.66. The lowest BCUT2D eigenvalue weighted by molar-refractivity contribution is -0.120. The number of carbonyl (C=O) groups excluding carboxylic acids is 2. The number of amides is 2. The first-order valence-corrected chi connectivity index (χ1v) is 14.3. The second kappa shape index (κ2) is 9.93. The largest absolute Gasteiger partial charge is 0.385 e. The van der Waals surface area contributed by atoms with Crippen molar-refractivity contribution in [1.29, 1.82) is 0 Å². The molecule has 2 aliphatic rings. The van der Waals surface area contributed by atoms with Crippen molar-refractivity contribution in [3.8, 4) is 0 Å². The van der Waals surface area contributed by atoms with Crippen molar-refractivity contribution in [2.75, 3.05) is 43.6 Å². The zero-order valence-corrected chi connectivity index (χ0v) is 22.0. The van der Waals surface area contributed by atoms with Crippen molar-refractivity contribution >= 4 is 55.3 Å². The maximum absolute atomic E-state index is 13.3. The van der Waals surface area contributed by atoms with Gasteiger partial charge in [0, 0.05) is 60.3 Å². The van der Waals surface area contributed by atoms with Gasteiger partial charge in [0.05, 0.1) is 11.6 Å². The van der Waals surface area contributed by atoms with Crippen LogP contribution in [0, 0.1) is 12.8 Å². The molecular weight excluding hydrogens is 498 g/mol. The SMILES string of the molecule is COCCCN1C(=O)c2cccc3c(NC(=O)C4CCCN(S(=O)(=O)c5ccc(C)s5)C4)ccc1c23. The molecule has 3 heterocycles. The van der Waals surface area contributed by atoms with Gasteiger partial charge in [0.15, 0.2) is 0 Å². The first-order valence-electron chi connectivity index (χ1n) is 12.0. The Morgan fingerprint density at radius 1 is 1.19 bits per heavy atom. The Morgan fingerprint density at radius 2 is 2.03 bits per heavy atom.